The van der Waals surface area contributed by atoms with Gasteiger partial charge in [0.2, 0.25) is 0 Å². The Kier molecular flexibility index (Phi) is 3.40. The third kappa shape index (κ3) is 2.16. The van der Waals surface area contributed by atoms with E-state index in [0.717, 1.165) is 0 Å². The van der Waals surface area contributed by atoms with Gasteiger partial charge in [0.15, 0.2) is 5.82 Å². The molecule has 20 heavy (non-hydrogen) atoms. The summed E-state index contributed by atoms with van der Waals surface area (Å²) < 4.78 is 29.2. The van der Waals surface area contributed by atoms with Gasteiger partial charge < -0.3 is 4.57 Å². The molecule has 2 aromatic carbocycles. The van der Waals surface area contributed by atoms with E-state index in [1.54, 1.807) is 34.9 Å². The number of imidazole rings is 1. The van der Waals surface area contributed by atoms with Gasteiger partial charge in [0.05, 0.1) is 17.9 Å². The second-order valence-corrected chi connectivity index (χ2v) is 4.71. The van der Waals surface area contributed by atoms with Gasteiger partial charge in [-0.05, 0) is 18.2 Å². The zero-order valence-corrected chi connectivity index (χ0v) is 11.2. The highest BCUT2D eigenvalue weighted by Crippen LogP contribution is 2.22. The molecule has 0 fully saturated rings. The lowest BCUT2D eigenvalue weighted by Gasteiger charge is -2.08. The minimum Gasteiger partial charge on any atom is -0.322 e. The molecule has 2 nitrogen and oxygen atoms in total. The molecule has 0 N–H and O–H groups in total. The van der Waals surface area contributed by atoms with Crippen LogP contribution in [0.2, 0.25) is 0 Å². The van der Waals surface area contributed by atoms with Gasteiger partial charge in [-0.15, -0.1) is 11.6 Å². The second-order valence-electron chi connectivity index (χ2n) is 4.45. The van der Waals surface area contributed by atoms with Gasteiger partial charge in [0.25, 0.3) is 0 Å². The highest BCUT2D eigenvalue weighted by molar-refractivity contribution is 6.16. The van der Waals surface area contributed by atoms with Crippen LogP contribution in [0.4, 0.5) is 8.78 Å². The van der Waals surface area contributed by atoms with Crippen LogP contribution in [0, 0.1) is 11.6 Å². The van der Waals surface area contributed by atoms with Crippen molar-refractivity contribution in [2.75, 3.05) is 0 Å². The van der Waals surface area contributed by atoms with E-state index >= 15 is 0 Å². The second kappa shape index (κ2) is 5.21. The maximum Gasteiger partial charge on any atom is 0.151 e. The maximum absolute atomic E-state index is 13.8. The highest BCUT2D eigenvalue weighted by Gasteiger charge is 2.14. The van der Waals surface area contributed by atoms with E-state index in [-0.39, 0.29) is 23.8 Å². The number of para-hydroxylation sites is 1. The first-order valence-electron chi connectivity index (χ1n) is 6.13. The van der Waals surface area contributed by atoms with E-state index < -0.39 is 5.82 Å². The predicted molar refractivity (Wildman–Crippen MR) is 74.8 cm³/mol. The number of hydrogen-bond acceptors (Lipinski definition) is 1. The predicted octanol–water partition coefficient (Wildman–Crippen LogP) is 4.10. The number of alkyl halides is 1. The highest BCUT2D eigenvalue weighted by atomic mass is 35.5. The van der Waals surface area contributed by atoms with Crippen LogP contribution in [0.25, 0.3) is 11.0 Å². The van der Waals surface area contributed by atoms with Crippen molar-refractivity contribution in [3.63, 3.8) is 0 Å². The largest absolute Gasteiger partial charge is 0.322 e. The molecule has 0 aliphatic heterocycles. The van der Waals surface area contributed by atoms with Crippen molar-refractivity contribution in [1.29, 1.82) is 0 Å². The zero-order valence-electron chi connectivity index (χ0n) is 10.5. The van der Waals surface area contributed by atoms with Crippen molar-refractivity contribution in [2.24, 2.45) is 0 Å². The van der Waals surface area contributed by atoms with E-state index in [1.165, 1.54) is 12.1 Å². The van der Waals surface area contributed by atoms with Crippen molar-refractivity contribution in [2.45, 2.75) is 12.4 Å². The number of hydrogen-bond donors (Lipinski definition) is 0. The summed E-state index contributed by atoms with van der Waals surface area (Å²) in [6, 6.07) is 11.2. The molecule has 3 aromatic rings. The lowest BCUT2D eigenvalue weighted by molar-refractivity contribution is 0.599. The Bertz CT molecular complexity index is 768. The number of fused-ring (bicyclic) bond motifs is 1. The molecule has 5 heteroatoms. The van der Waals surface area contributed by atoms with Crippen molar-refractivity contribution in [3.05, 3.63) is 65.5 Å². The Morgan fingerprint density at radius 3 is 2.50 bits per heavy atom. The number of benzene rings is 2. The molecule has 0 amide bonds. The lowest BCUT2D eigenvalue weighted by Crippen LogP contribution is -2.05. The molecule has 1 aromatic heterocycles. The lowest BCUT2D eigenvalue weighted by atomic mass is 10.2. The molecule has 0 radical (unpaired) electrons. The topological polar surface area (TPSA) is 17.8 Å². The third-order valence-corrected chi connectivity index (χ3v) is 3.45. The van der Waals surface area contributed by atoms with Gasteiger partial charge >= 0.3 is 0 Å². The summed E-state index contributed by atoms with van der Waals surface area (Å²) in [5.74, 6) is -0.0369. The van der Waals surface area contributed by atoms with Gasteiger partial charge in [-0.1, -0.05) is 24.3 Å². The van der Waals surface area contributed by atoms with Gasteiger partial charge in [0, 0.05) is 5.56 Å². The number of rotatable bonds is 3. The monoisotopic (exact) mass is 292 g/mol. The minimum atomic E-state index is -0.402. The summed E-state index contributed by atoms with van der Waals surface area (Å²) >= 11 is 5.86. The van der Waals surface area contributed by atoms with Crippen molar-refractivity contribution in [1.82, 2.24) is 9.55 Å². The number of aromatic nitrogens is 2. The Balaban J connectivity index is 2.15. The number of halogens is 3. The Labute approximate surface area is 119 Å². The summed E-state index contributed by atoms with van der Waals surface area (Å²) in [5, 5.41) is 0. The Morgan fingerprint density at radius 1 is 1.00 bits per heavy atom. The average Bonchev–Trinajstić information content (AvgIpc) is 2.81. The van der Waals surface area contributed by atoms with Crippen LogP contribution < -0.4 is 0 Å². The van der Waals surface area contributed by atoms with Crippen LogP contribution in [0.5, 0.6) is 0 Å². The van der Waals surface area contributed by atoms with Crippen LogP contribution in [0.3, 0.4) is 0 Å². The quantitative estimate of drug-likeness (QED) is 0.665. The van der Waals surface area contributed by atoms with E-state index in [9.17, 15) is 8.78 Å². The van der Waals surface area contributed by atoms with Crippen LogP contribution in [-0.4, -0.2) is 9.55 Å². The van der Waals surface area contributed by atoms with Crippen molar-refractivity contribution >= 4 is 22.6 Å². The molecule has 0 saturated heterocycles. The van der Waals surface area contributed by atoms with Gasteiger partial charge in [0.1, 0.15) is 17.2 Å². The van der Waals surface area contributed by atoms with Crippen LogP contribution in [0.1, 0.15) is 11.4 Å². The van der Waals surface area contributed by atoms with E-state index in [4.69, 9.17) is 11.6 Å². The smallest absolute Gasteiger partial charge is 0.151 e. The third-order valence-electron chi connectivity index (χ3n) is 3.21. The van der Waals surface area contributed by atoms with Crippen molar-refractivity contribution < 1.29 is 8.78 Å². The molecule has 0 spiro atoms. The molecule has 0 aliphatic carbocycles. The Morgan fingerprint density at radius 2 is 1.75 bits per heavy atom. The molecular weight excluding hydrogens is 282 g/mol. The molecule has 1 heterocycles. The van der Waals surface area contributed by atoms with E-state index in [2.05, 4.69) is 4.98 Å². The normalized spacial score (nSPS) is 11.2. The van der Waals surface area contributed by atoms with E-state index in [0.29, 0.717) is 16.9 Å². The fraction of sp³-hybridized carbons (Fsp3) is 0.133. The fourth-order valence-corrected chi connectivity index (χ4v) is 2.44. The molecule has 0 aliphatic rings. The molecular formula is C15H11ClF2N2. The molecule has 0 bridgehead atoms. The molecule has 0 saturated carbocycles. The van der Waals surface area contributed by atoms with Gasteiger partial charge in [-0.2, -0.15) is 0 Å². The van der Waals surface area contributed by atoms with E-state index in [1.807, 2.05) is 0 Å². The molecule has 0 atom stereocenters. The first kappa shape index (κ1) is 13.1. The van der Waals surface area contributed by atoms with Gasteiger partial charge in [-0.25, -0.2) is 13.8 Å². The number of nitrogens with zero attached hydrogens (tertiary/aromatic N) is 2. The maximum atomic E-state index is 13.8. The first-order chi connectivity index (χ1) is 9.70. The van der Waals surface area contributed by atoms with Crippen LogP contribution >= 0.6 is 11.6 Å². The summed E-state index contributed by atoms with van der Waals surface area (Å²) in [5.41, 5.74) is 1.39. The van der Waals surface area contributed by atoms with Crippen LogP contribution in [-0.2, 0) is 12.4 Å². The molecule has 102 valence electrons. The summed E-state index contributed by atoms with van der Waals surface area (Å²) in [6.45, 7) is 0.272. The molecule has 3 rings (SSSR count). The Hall–Kier alpha value is -1.94. The van der Waals surface area contributed by atoms with Crippen molar-refractivity contribution in [3.8, 4) is 0 Å². The van der Waals surface area contributed by atoms with Gasteiger partial charge in [-0.3, -0.25) is 0 Å². The molecule has 0 unspecified atom stereocenters. The summed E-state index contributed by atoms with van der Waals surface area (Å²) in [6.07, 6.45) is 0. The summed E-state index contributed by atoms with van der Waals surface area (Å²) in [4.78, 5) is 4.19. The standard InChI is InChI=1S/C15H11ClF2N2/c16-8-14-19-15-12(18)6-3-7-13(15)20(14)9-10-4-1-2-5-11(10)17/h1-7H,8-9H2. The van der Waals surface area contributed by atoms with Crippen LogP contribution in [0.15, 0.2) is 42.5 Å². The average molecular weight is 293 g/mol. The fourth-order valence-electron chi connectivity index (χ4n) is 2.24. The summed E-state index contributed by atoms with van der Waals surface area (Å²) in [7, 11) is 0. The SMILES string of the molecule is Fc1ccccc1Cn1c(CCl)nc2c(F)cccc21. The minimum absolute atomic E-state index is 0.141. The zero-order chi connectivity index (χ0) is 14.1. The first-order valence-corrected chi connectivity index (χ1v) is 6.67.